The van der Waals surface area contributed by atoms with Crippen molar-refractivity contribution in [2.45, 2.75) is 22.5 Å². The Kier molecular flexibility index (Phi) is 1.55. The van der Waals surface area contributed by atoms with Crippen LogP contribution in [0.15, 0.2) is 23.1 Å². The molecule has 84 valence electrons. The Morgan fingerprint density at radius 2 is 2.00 bits per heavy atom. The lowest BCUT2D eigenvalue weighted by Gasteiger charge is -2.24. The molecular formula is C10H9NO4S. The van der Waals surface area contributed by atoms with Crippen molar-refractivity contribution in [2.24, 2.45) is 0 Å². The molecule has 1 heterocycles. The average Bonchev–Trinajstić information content (AvgIpc) is 2.99. The van der Waals surface area contributed by atoms with Crippen LogP contribution in [0.4, 0.5) is 5.69 Å². The summed E-state index contributed by atoms with van der Waals surface area (Å²) in [6.45, 7) is 0. The highest BCUT2D eigenvalue weighted by Gasteiger charge is 2.63. The molecule has 1 amide bonds. The number of sulfone groups is 1. The standard InChI is InChI=1S/C10H9NO4S/c12-6-1-2-7-8(5-6)16(14,15)10(3-4-10)9(13)11-7/h1-2,5,12H,3-4H2,(H,11,13). The molecular weight excluding hydrogens is 230 g/mol. The molecule has 2 aliphatic rings. The third kappa shape index (κ3) is 0.948. The van der Waals surface area contributed by atoms with E-state index in [1.165, 1.54) is 18.2 Å². The van der Waals surface area contributed by atoms with Gasteiger partial charge in [-0.2, -0.15) is 0 Å². The van der Waals surface area contributed by atoms with E-state index in [0.717, 1.165) is 0 Å². The Morgan fingerprint density at radius 3 is 2.62 bits per heavy atom. The third-order valence-electron chi connectivity index (χ3n) is 3.14. The first kappa shape index (κ1) is 9.65. The molecule has 16 heavy (non-hydrogen) atoms. The molecule has 2 N–H and O–H groups in total. The van der Waals surface area contributed by atoms with Crippen molar-refractivity contribution in [3.8, 4) is 5.75 Å². The van der Waals surface area contributed by atoms with Gasteiger partial charge in [0.15, 0.2) is 14.6 Å². The summed E-state index contributed by atoms with van der Waals surface area (Å²) >= 11 is 0. The molecule has 0 unspecified atom stereocenters. The van der Waals surface area contributed by atoms with Gasteiger partial charge in [-0.3, -0.25) is 4.79 Å². The molecule has 5 nitrogen and oxygen atoms in total. The topological polar surface area (TPSA) is 83.5 Å². The second kappa shape index (κ2) is 2.57. The van der Waals surface area contributed by atoms with Gasteiger partial charge in [-0.25, -0.2) is 8.42 Å². The van der Waals surface area contributed by atoms with Crippen LogP contribution in [0.1, 0.15) is 12.8 Å². The quantitative estimate of drug-likeness (QED) is 0.651. The monoisotopic (exact) mass is 239 g/mol. The molecule has 1 saturated carbocycles. The highest BCUT2D eigenvalue weighted by Crippen LogP contribution is 2.52. The van der Waals surface area contributed by atoms with Gasteiger partial charge in [-0.1, -0.05) is 0 Å². The number of benzene rings is 1. The maximum atomic E-state index is 12.2. The minimum Gasteiger partial charge on any atom is -0.508 e. The predicted molar refractivity (Wildman–Crippen MR) is 55.9 cm³/mol. The van der Waals surface area contributed by atoms with Crippen molar-refractivity contribution in [3.63, 3.8) is 0 Å². The molecule has 6 heteroatoms. The molecule has 0 bridgehead atoms. The zero-order valence-electron chi connectivity index (χ0n) is 8.23. The maximum absolute atomic E-state index is 12.2. The lowest BCUT2D eigenvalue weighted by molar-refractivity contribution is -0.116. The van der Waals surface area contributed by atoms with Crippen molar-refractivity contribution in [2.75, 3.05) is 5.32 Å². The molecule has 1 aromatic carbocycles. The number of carbonyl (C=O) groups is 1. The summed E-state index contributed by atoms with van der Waals surface area (Å²) < 4.78 is 23.1. The molecule has 0 atom stereocenters. The van der Waals surface area contributed by atoms with Gasteiger partial charge in [-0.15, -0.1) is 0 Å². The average molecular weight is 239 g/mol. The fourth-order valence-corrected chi connectivity index (χ4v) is 4.05. The largest absolute Gasteiger partial charge is 0.508 e. The van der Waals surface area contributed by atoms with Crippen LogP contribution in [0, 0.1) is 0 Å². The number of hydrogen-bond acceptors (Lipinski definition) is 4. The van der Waals surface area contributed by atoms with Crippen molar-refractivity contribution < 1.29 is 18.3 Å². The number of phenolic OH excluding ortho intramolecular Hbond substituents is 1. The van der Waals surface area contributed by atoms with Gasteiger partial charge in [0.2, 0.25) is 5.91 Å². The van der Waals surface area contributed by atoms with Gasteiger partial charge in [0.05, 0.1) is 10.6 Å². The van der Waals surface area contributed by atoms with Crippen LogP contribution in [0.3, 0.4) is 0 Å². The van der Waals surface area contributed by atoms with E-state index in [1.807, 2.05) is 0 Å². The van der Waals surface area contributed by atoms with Crippen molar-refractivity contribution in [1.29, 1.82) is 0 Å². The highest BCUT2D eigenvalue weighted by molar-refractivity contribution is 7.94. The van der Waals surface area contributed by atoms with E-state index in [-0.39, 0.29) is 16.3 Å². The van der Waals surface area contributed by atoms with E-state index in [4.69, 9.17) is 0 Å². The molecule has 1 fully saturated rings. The number of nitrogens with one attached hydrogen (secondary N) is 1. The number of carbonyl (C=O) groups excluding carboxylic acids is 1. The first-order chi connectivity index (χ1) is 7.47. The Morgan fingerprint density at radius 1 is 1.31 bits per heavy atom. The molecule has 1 aliphatic carbocycles. The number of amides is 1. The van der Waals surface area contributed by atoms with E-state index < -0.39 is 20.5 Å². The van der Waals surface area contributed by atoms with E-state index in [1.54, 1.807) is 0 Å². The van der Waals surface area contributed by atoms with Crippen LogP contribution in [-0.4, -0.2) is 24.2 Å². The molecule has 0 saturated heterocycles. The summed E-state index contributed by atoms with van der Waals surface area (Å²) in [6.07, 6.45) is 0.715. The fraction of sp³-hybridized carbons (Fsp3) is 0.300. The first-order valence-electron chi connectivity index (χ1n) is 4.86. The summed E-state index contributed by atoms with van der Waals surface area (Å²) in [5, 5.41) is 11.9. The van der Waals surface area contributed by atoms with E-state index >= 15 is 0 Å². The van der Waals surface area contributed by atoms with Gasteiger partial charge in [-0.05, 0) is 25.0 Å². The Hall–Kier alpha value is -1.56. The Labute approximate surface area is 92.0 Å². The second-order valence-corrected chi connectivity index (χ2v) is 6.36. The molecule has 0 aromatic heterocycles. The SMILES string of the molecule is O=C1Nc2ccc(O)cc2S(=O)(=O)C12CC2. The maximum Gasteiger partial charge on any atom is 0.246 e. The molecule has 1 aliphatic heterocycles. The zero-order chi connectivity index (χ0) is 11.6. The molecule has 1 aromatic rings. The predicted octanol–water partition coefficient (Wildman–Crippen LogP) is 0.651. The number of rotatable bonds is 0. The molecule has 3 rings (SSSR count). The van der Waals surface area contributed by atoms with Crippen LogP contribution in [0.5, 0.6) is 5.75 Å². The van der Waals surface area contributed by atoms with Crippen LogP contribution in [0.2, 0.25) is 0 Å². The lowest BCUT2D eigenvalue weighted by Crippen LogP contribution is -2.41. The van der Waals surface area contributed by atoms with Gasteiger partial charge in [0.1, 0.15) is 5.75 Å². The van der Waals surface area contributed by atoms with Crippen LogP contribution >= 0.6 is 0 Å². The van der Waals surface area contributed by atoms with E-state index in [2.05, 4.69) is 5.32 Å². The third-order valence-corrected chi connectivity index (χ3v) is 5.67. The van der Waals surface area contributed by atoms with Crippen molar-refractivity contribution >= 4 is 21.4 Å². The molecule has 0 radical (unpaired) electrons. The highest BCUT2D eigenvalue weighted by atomic mass is 32.2. The van der Waals surface area contributed by atoms with Gasteiger partial charge < -0.3 is 10.4 Å². The second-order valence-electron chi connectivity index (χ2n) is 4.13. The first-order valence-corrected chi connectivity index (χ1v) is 6.35. The lowest BCUT2D eigenvalue weighted by atomic mass is 10.2. The normalized spacial score (nSPS) is 23.6. The number of fused-ring (bicyclic) bond motifs is 1. The summed E-state index contributed by atoms with van der Waals surface area (Å²) in [5.41, 5.74) is 0.250. The van der Waals surface area contributed by atoms with E-state index in [9.17, 15) is 18.3 Å². The fourth-order valence-electron chi connectivity index (χ4n) is 2.01. The van der Waals surface area contributed by atoms with Crippen molar-refractivity contribution in [3.05, 3.63) is 18.2 Å². The van der Waals surface area contributed by atoms with Crippen LogP contribution < -0.4 is 5.32 Å². The van der Waals surface area contributed by atoms with Gasteiger partial charge in [0, 0.05) is 6.07 Å². The number of aromatic hydroxyl groups is 1. The minimum atomic E-state index is -3.65. The minimum absolute atomic E-state index is 0.0181. The summed E-state index contributed by atoms with van der Waals surface area (Å²) in [7, 11) is -3.65. The van der Waals surface area contributed by atoms with Gasteiger partial charge in [0.25, 0.3) is 0 Å². The Balaban J connectivity index is 2.32. The Bertz CT molecular complexity index is 601. The summed E-state index contributed by atoms with van der Waals surface area (Å²) in [4.78, 5) is 11.7. The van der Waals surface area contributed by atoms with E-state index in [0.29, 0.717) is 12.8 Å². The summed E-state index contributed by atoms with van der Waals surface area (Å²) in [6, 6.07) is 3.93. The van der Waals surface area contributed by atoms with Crippen LogP contribution in [0.25, 0.3) is 0 Å². The number of anilines is 1. The van der Waals surface area contributed by atoms with Crippen molar-refractivity contribution in [1.82, 2.24) is 0 Å². The zero-order valence-corrected chi connectivity index (χ0v) is 9.04. The number of hydrogen-bond donors (Lipinski definition) is 2. The summed E-state index contributed by atoms with van der Waals surface area (Å²) in [5.74, 6) is -0.569. The molecule has 1 spiro atoms. The van der Waals surface area contributed by atoms with Gasteiger partial charge >= 0.3 is 0 Å². The smallest absolute Gasteiger partial charge is 0.246 e. The van der Waals surface area contributed by atoms with Crippen LogP contribution in [-0.2, 0) is 14.6 Å². The number of phenols is 1.